The number of amides is 2. The lowest BCUT2D eigenvalue weighted by molar-refractivity contribution is -0.141. The summed E-state index contributed by atoms with van der Waals surface area (Å²) in [5, 5.41) is 4.49. The van der Waals surface area contributed by atoms with Crippen molar-refractivity contribution in [2.45, 2.75) is 31.5 Å². The highest BCUT2D eigenvalue weighted by Gasteiger charge is 2.34. The molecule has 2 rings (SSSR count). The van der Waals surface area contributed by atoms with Crippen molar-refractivity contribution < 1.29 is 27.2 Å². The van der Waals surface area contributed by atoms with Crippen molar-refractivity contribution in [2.75, 3.05) is 25.0 Å². The Morgan fingerprint density at radius 1 is 1.20 bits per heavy atom. The summed E-state index contributed by atoms with van der Waals surface area (Å²) in [4.78, 5) is 25.5. The predicted molar refractivity (Wildman–Crippen MR) is 83.3 cm³/mol. The van der Waals surface area contributed by atoms with E-state index < -0.39 is 30.5 Å². The van der Waals surface area contributed by atoms with E-state index in [4.69, 9.17) is 0 Å². The molecule has 9 heteroatoms. The zero-order valence-corrected chi connectivity index (χ0v) is 13.4. The van der Waals surface area contributed by atoms with Crippen LogP contribution in [0.2, 0.25) is 0 Å². The minimum absolute atomic E-state index is 0.0838. The van der Waals surface area contributed by atoms with Gasteiger partial charge in [0.2, 0.25) is 11.8 Å². The van der Waals surface area contributed by atoms with Crippen molar-refractivity contribution >= 4 is 17.5 Å². The van der Waals surface area contributed by atoms with Gasteiger partial charge in [-0.15, -0.1) is 0 Å². The van der Waals surface area contributed by atoms with Gasteiger partial charge in [0.15, 0.2) is 0 Å². The van der Waals surface area contributed by atoms with Crippen molar-refractivity contribution in [2.24, 2.45) is 0 Å². The molecule has 25 heavy (non-hydrogen) atoms. The zero-order valence-electron chi connectivity index (χ0n) is 13.4. The van der Waals surface area contributed by atoms with E-state index in [-0.39, 0.29) is 18.9 Å². The Labute approximate surface area is 142 Å². The maximum Gasteiger partial charge on any atom is 0.405 e. The van der Waals surface area contributed by atoms with Gasteiger partial charge < -0.3 is 10.6 Å². The molecule has 1 aromatic rings. The van der Waals surface area contributed by atoms with Gasteiger partial charge in [-0.05, 0) is 43.7 Å². The fourth-order valence-corrected chi connectivity index (χ4v) is 2.70. The maximum absolute atomic E-state index is 12.8. The molecule has 1 aliphatic heterocycles. The van der Waals surface area contributed by atoms with Gasteiger partial charge in [0.25, 0.3) is 0 Å². The van der Waals surface area contributed by atoms with Crippen molar-refractivity contribution in [3.05, 3.63) is 30.1 Å². The first kappa shape index (κ1) is 19.2. The third-order valence-electron chi connectivity index (χ3n) is 3.88. The van der Waals surface area contributed by atoms with Gasteiger partial charge in [0, 0.05) is 18.7 Å². The first-order chi connectivity index (χ1) is 11.7. The van der Waals surface area contributed by atoms with Crippen molar-refractivity contribution in [3.8, 4) is 0 Å². The second-order valence-corrected chi connectivity index (χ2v) is 5.83. The smallest absolute Gasteiger partial charge is 0.346 e. The lowest BCUT2D eigenvalue weighted by atomic mass is 10.2. The number of hydrogen-bond donors (Lipinski definition) is 2. The second-order valence-electron chi connectivity index (χ2n) is 5.83. The quantitative estimate of drug-likeness (QED) is 0.765. The second kappa shape index (κ2) is 8.28. The molecule has 1 saturated heterocycles. The van der Waals surface area contributed by atoms with E-state index in [1.54, 1.807) is 4.90 Å². The lowest BCUT2D eigenvalue weighted by Gasteiger charge is -2.23. The number of carbonyl (C=O) groups excluding carboxylic acids is 2. The molecule has 0 radical (unpaired) electrons. The molecule has 2 amide bonds. The molecule has 138 valence electrons. The van der Waals surface area contributed by atoms with Crippen LogP contribution in [0.5, 0.6) is 0 Å². The molecule has 2 N–H and O–H groups in total. The number of anilines is 1. The van der Waals surface area contributed by atoms with Crippen molar-refractivity contribution in [1.82, 2.24) is 10.2 Å². The van der Waals surface area contributed by atoms with Crippen LogP contribution in [0.3, 0.4) is 0 Å². The molecule has 0 bridgehead atoms. The number of benzene rings is 1. The summed E-state index contributed by atoms with van der Waals surface area (Å²) < 4.78 is 49.3. The van der Waals surface area contributed by atoms with Gasteiger partial charge in [0.1, 0.15) is 12.4 Å². The van der Waals surface area contributed by atoms with E-state index in [9.17, 15) is 27.2 Å². The van der Waals surface area contributed by atoms with Crippen LogP contribution in [0.4, 0.5) is 23.2 Å². The number of nitrogens with zero attached hydrogens (tertiary/aromatic N) is 1. The van der Waals surface area contributed by atoms with Gasteiger partial charge >= 0.3 is 6.18 Å². The fourth-order valence-electron chi connectivity index (χ4n) is 2.70. The van der Waals surface area contributed by atoms with Crippen molar-refractivity contribution in [3.63, 3.8) is 0 Å². The summed E-state index contributed by atoms with van der Waals surface area (Å²) in [6.45, 7) is -0.549. The fraction of sp³-hybridized carbons (Fsp3) is 0.500. The van der Waals surface area contributed by atoms with Crippen LogP contribution in [0.25, 0.3) is 0 Å². The van der Waals surface area contributed by atoms with Crippen LogP contribution in [-0.2, 0) is 9.59 Å². The Bertz CT molecular complexity index is 604. The predicted octanol–water partition coefficient (Wildman–Crippen LogP) is 2.30. The highest BCUT2D eigenvalue weighted by molar-refractivity contribution is 5.90. The average molecular weight is 361 g/mol. The number of halogens is 4. The summed E-state index contributed by atoms with van der Waals surface area (Å²) in [5.74, 6) is -1.40. The Morgan fingerprint density at radius 2 is 1.88 bits per heavy atom. The van der Waals surface area contributed by atoms with Gasteiger partial charge in [-0.25, -0.2) is 4.39 Å². The molecule has 1 fully saturated rings. The molecule has 0 aromatic heterocycles. The molecule has 1 heterocycles. The van der Waals surface area contributed by atoms with Crippen LogP contribution >= 0.6 is 0 Å². The molecule has 0 aliphatic carbocycles. The van der Waals surface area contributed by atoms with E-state index in [2.05, 4.69) is 5.32 Å². The third kappa shape index (κ3) is 6.33. The molecule has 1 atom stereocenters. The normalized spacial score (nSPS) is 18.2. The topological polar surface area (TPSA) is 61.4 Å². The highest BCUT2D eigenvalue weighted by Crippen LogP contribution is 2.19. The first-order valence-corrected chi connectivity index (χ1v) is 7.88. The van der Waals surface area contributed by atoms with E-state index in [0.717, 1.165) is 0 Å². The Balaban J connectivity index is 1.79. The number of carbonyl (C=O) groups is 2. The van der Waals surface area contributed by atoms with Gasteiger partial charge in [-0.1, -0.05) is 0 Å². The van der Waals surface area contributed by atoms with Crippen LogP contribution in [-0.4, -0.2) is 48.6 Å². The Hall–Kier alpha value is -2.16. The van der Waals surface area contributed by atoms with Crippen LogP contribution in [0.1, 0.15) is 19.3 Å². The summed E-state index contributed by atoms with van der Waals surface area (Å²) >= 11 is 0. The largest absolute Gasteiger partial charge is 0.405 e. The monoisotopic (exact) mass is 361 g/mol. The minimum atomic E-state index is -4.45. The molecule has 1 aliphatic rings. The summed E-state index contributed by atoms with van der Waals surface area (Å²) in [5.41, 5.74) is 0.451. The lowest BCUT2D eigenvalue weighted by Crippen LogP contribution is -2.46. The molecular formula is C16H19F4N3O2. The van der Waals surface area contributed by atoms with E-state index >= 15 is 0 Å². The Morgan fingerprint density at radius 3 is 2.52 bits per heavy atom. The van der Waals surface area contributed by atoms with E-state index in [1.165, 1.54) is 24.3 Å². The number of alkyl halides is 3. The maximum atomic E-state index is 12.8. The number of hydrogen-bond acceptors (Lipinski definition) is 3. The summed E-state index contributed by atoms with van der Waals surface area (Å²) in [6.07, 6.45) is -3.22. The van der Waals surface area contributed by atoms with Gasteiger partial charge in [-0.3, -0.25) is 14.5 Å². The molecule has 0 saturated carbocycles. The number of nitrogens with one attached hydrogen (secondary N) is 2. The first-order valence-electron chi connectivity index (χ1n) is 7.88. The molecule has 1 aromatic carbocycles. The van der Waals surface area contributed by atoms with Crippen LogP contribution < -0.4 is 10.6 Å². The minimum Gasteiger partial charge on any atom is -0.346 e. The number of likely N-dealkylation sites (tertiary alicyclic amines) is 1. The molecule has 0 unspecified atom stereocenters. The van der Waals surface area contributed by atoms with Crippen molar-refractivity contribution in [1.29, 1.82) is 0 Å². The highest BCUT2D eigenvalue weighted by atomic mass is 19.4. The molecule has 0 spiro atoms. The number of rotatable bonds is 6. The molecule has 5 nitrogen and oxygen atoms in total. The average Bonchev–Trinajstić information content (AvgIpc) is 3.01. The third-order valence-corrected chi connectivity index (χ3v) is 3.88. The Kier molecular flexibility index (Phi) is 6.35. The zero-order chi connectivity index (χ0) is 18.4. The van der Waals surface area contributed by atoms with E-state index in [1.807, 2.05) is 5.32 Å². The van der Waals surface area contributed by atoms with Crippen LogP contribution in [0, 0.1) is 5.82 Å². The SMILES string of the molecule is O=C(CCN1CCC[C@H]1C(=O)NCC(F)(F)F)Nc1ccc(F)cc1. The van der Waals surface area contributed by atoms with Crippen LogP contribution in [0.15, 0.2) is 24.3 Å². The van der Waals surface area contributed by atoms with E-state index in [0.29, 0.717) is 25.1 Å². The molecular weight excluding hydrogens is 342 g/mol. The van der Waals surface area contributed by atoms with Gasteiger partial charge in [-0.2, -0.15) is 13.2 Å². The standard InChI is InChI=1S/C16H19F4N3O2/c17-11-3-5-12(6-4-11)22-14(24)7-9-23-8-1-2-13(23)15(25)21-10-16(18,19)20/h3-6,13H,1-2,7-10H2,(H,21,25)(H,22,24)/t13-/m0/s1. The van der Waals surface area contributed by atoms with Gasteiger partial charge in [0.05, 0.1) is 6.04 Å². The summed E-state index contributed by atoms with van der Waals surface area (Å²) in [6, 6.07) is 4.64. The summed E-state index contributed by atoms with van der Waals surface area (Å²) in [7, 11) is 0.